The maximum atomic E-state index is 12.9. The van der Waals surface area contributed by atoms with Gasteiger partial charge >= 0.3 is 17.9 Å². The highest BCUT2D eigenvalue weighted by molar-refractivity contribution is 5.71. The van der Waals surface area contributed by atoms with Crippen molar-refractivity contribution in [2.45, 2.75) is 290 Å². The fourth-order valence-corrected chi connectivity index (χ4v) is 8.65. The van der Waals surface area contributed by atoms with Gasteiger partial charge in [-0.2, -0.15) is 0 Å². The molecule has 0 radical (unpaired) electrons. The number of rotatable bonds is 57. The smallest absolute Gasteiger partial charge is 0.306 e. The summed E-state index contributed by atoms with van der Waals surface area (Å²) >= 11 is 0. The van der Waals surface area contributed by atoms with Crippen molar-refractivity contribution in [1.82, 2.24) is 0 Å². The van der Waals surface area contributed by atoms with E-state index in [1.165, 1.54) is 109 Å². The topological polar surface area (TPSA) is 78.9 Å². The Bertz CT molecular complexity index is 1670. The Balaban J connectivity index is 4.32. The van der Waals surface area contributed by atoms with Crippen LogP contribution in [0.4, 0.5) is 0 Å². The van der Waals surface area contributed by atoms with Gasteiger partial charge in [-0.1, -0.05) is 283 Å². The van der Waals surface area contributed by atoms with Crippen molar-refractivity contribution in [2.75, 3.05) is 13.2 Å². The van der Waals surface area contributed by atoms with Gasteiger partial charge in [0.2, 0.25) is 0 Å². The van der Waals surface area contributed by atoms with Gasteiger partial charge in [0.1, 0.15) is 13.2 Å². The lowest BCUT2D eigenvalue weighted by molar-refractivity contribution is -0.167. The molecule has 0 aliphatic rings. The van der Waals surface area contributed by atoms with Gasteiger partial charge < -0.3 is 14.2 Å². The van der Waals surface area contributed by atoms with Crippen LogP contribution in [0.1, 0.15) is 284 Å². The van der Waals surface area contributed by atoms with Crippen LogP contribution >= 0.6 is 0 Å². The lowest BCUT2D eigenvalue weighted by Gasteiger charge is -2.18. The number of esters is 3. The van der Waals surface area contributed by atoms with E-state index in [1.807, 2.05) is 0 Å². The maximum absolute atomic E-state index is 12.9. The number of allylic oxidation sites excluding steroid dienone is 22. The van der Waals surface area contributed by atoms with Gasteiger partial charge in [0.25, 0.3) is 0 Å². The third kappa shape index (κ3) is 62.4. The second-order valence-electron chi connectivity index (χ2n) is 20.9. The average Bonchev–Trinajstić information content (AvgIpc) is 3.44. The summed E-state index contributed by atoms with van der Waals surface area (Å²) < 4.78 is 16.9. The first-order valence-corrected chi connectivity index (χ1v) is 32.2. The summed E-state index contributed by atoms with van der Waals surface area (Å²) in [5.74, 6) is -0.942. The van der Waals surface area contributed by atoms with Crippen molar-refractivity contribution < 1.29 is 28.6 Å². The van der Waals surface area contributed by atoms with E-state index in [4.69, 9.17) is 14.2 Å². The molecular formula is C72H118O6. The van der Waals surface area contributed by atoms with Crippen LogP contribution in [0.3, 0.4) is 0 Å². The zero-order valence-corrected chi connectivity index (χ0v) is 50.6. The third-order valence-electron chi connectivity index (χ3n) is 13.4. The highest BCUT2D eigenvalue weighted by Crippen LogP contribution is 2.16. The molecule has 0 saturated carbocycles. The quantitative estimate of drug-likeness (QED) is 0.0261. The number of unbranched alkanes of at least 4 members (excludes halogenated alkanes) is 24. The first-order chi connectivity index (χ1) is 38.5. The first kappa shape index (κ1) is 73.5. The first-order valence-electron chi connectivity index (χ1n) is 32.2. The monoisotopic (exact) mass is 1080 g/mol. The van der Waals surface area contributed by atoms with Gasteiger partial charge in [0.15, 0.2) is 6.10 Å². The average molecular weight is 1080 g/mol. The largest absolute Gasteiger partial charge is 0.462 e. The molecule has 0 heterocycles. The minimum atomic E-state index is -0.805. The third-order valence-corrected chi connectivity index (χ3v) is 13.4. The molecule has 6 nitrogen and oxygen atoms in total. The minimum absolute atomic E-state index is 0.0970. The SMILES string of the molecule is CC/C=C\C/C=C\C/C=C\C/C=C\C/C=C\C/C=C\C/C=C\CCCCCCCCCCCC(=O)OCC(COC(=O)CCCCCCCCCCCCCCCC)OC(=O)CCCC/C=C\C/C=C\C/C=C\C/C=C\CC. The molecule has 0 aromatic rings. The Morgan fingerprint density at radius 1 is 0.269 bits per heavy atom. The number of carbonyl (C=O) groups is 3. The molecule has 0 rings (SSSR count). The minimum Gasteiger partial charge on any atom is -0.462 e. The molecular weight excluding hydrogens is 961 g/mol. The molecule has 1 unspecified atom stereocenters. The Labute approximate surface area is 481 Å². The van der Waals surface area contributed by atoms with Crippen molar-refractivity contribution in [2.24, 2.45) is 0 Å². The Kier molecular flexibility index (Phi) is 61.4. The summed E-state index contributed by atoms with van der Waals surface area (Å²) in [4.78, 5) is 38.3. The number of hydrogen-bond donors (Lipinski definition) is 0. The fourth-order valence-electron chi connectivity index (χ4n) is 8.65. The molecule has 0 spiro atoms. The summed E-state index contributed by atoms with van der Waals surface area (Å²) in [5, 5.41) is 0. The fraction of sp³-hybridized carbons (Fsp3) is 0.653. The predicted octanol–water partition coefficient (Wildman–Crippen LogP) is 22.2. The van der Waals surface area contributed by atoms with Gasteiger partial charge in [-0.3, -0.25) is 14.4 Å². The molecule has 0 amide bonds. The molecule has 0 bridgehead atoms. The molecule has 1 atom stereocenters. The standard InChI is InChI=1S/C72H118O6/c1-4-7-10-13-16-19-22-25-28-29-30-31-32-33-34-35-36-37-38-39-40-41-42-43-45-47-50-53-56-59-62-65-71(74)77-68-69(67-76-70(73)64-61-58-55-52-49-46-27-24-21-18-15-12-9-6-3)78-72(75)66-63-60-57-54-51-48-44-26-23-20-17-14-11-8-5-2/h7-8,10-11,16-17,19-20,25-26,28,30-31,33-34,36-37,39-40,44,51,54,69H,4-6,9,12-15,18,21-24,27,29,32,35,38,41-43,45-50,52-53,55-68H2,1-3H3/b10-7-,11-8-,19-16-,20-17-,28-25-,31-30-,34-33-,37-36-,40-39-,44-26-,54-51-. The molecule has 0 aromatic carbocycles. The van der Waals surface area contributed by atoms with Crippen molar-refractivity contribution in [3.8, 4) is 0 Å². The molecule has 0 N–H and O–H groups in total. The molecule has 78 heavy (non-hydrogen) atoms. The van der Waals surface area contributed by atoms with Crippen LogP contribution in [0, 0.1) is 0 Å². The van der Waals surface area contributed by atoms with Crippen LogP contribution in [0.25, 0.3) is 0 Å². The van der Waals surface area contributed by atoms with E-state index in [-0.39, 0.29) is 37.5 Å². The summed E-state index contributed by atoms with van der Waals surface area (Å²) in [5.41, 5.74) is 0. The second-order valence-corrected chi connectivity index (χ2v) is 20.9. The summed E-state index contributed by atoms with van der Waals surface area (Å²) in [6.45, 7) is 6.38. The van der Waals surface area contributed by atoms with E-state index in [2.05, 4.69) is 154 Å². The van der Waals surface area contributed by atoms with E-state index in [1.54, 1.807) is 0 Å². The van der Waals surface area contributed by atoms with Crippen LogP contribution in [0.2, 0.25) is 0 Å². The number of hydrogen-bond acceptors (Lipinski definition) is 6. The van der Waals surface area contributed by atoms with E-state index in [9.17, 15) is 14.4 Å². The van der Waals surface area contributed by atoms with Gasteiger partial charge in [-0.15, -0.1) is 0 Å². The van der Waals surface area contributed by atoms with Crippen LogP contribution < -0.4 is 0 Å². The zero-order chi connectivity index (χ0) is 56.4. The van der Waals surface area contributed by atoms with Gasteiger partial charge in [-0.05, 0) is 116 Å². The molecule has 0 aliphatic carbocycles. The Hall–Kier alpha value is -4.45. The molecule has 6 heteroatoms. The van der Waals surface area contributed by atoms with E-state index in [0.29, 0.717) is 19.3 Å². The lowest BCUT2D eigenvalue weighted by atomic mass is 10.0. The van der Waals surface area contributed by atoms with Crippen LogP contribution in [-0.2, 0) is 28.6 Å². The normalized spacial score (nSPS) is 13.0. The highest BCUT2D eigenvalue weighted by atomic mass is 16.6. The number of ether oxygens (including phenoxy) is 3. The van der Waals surface area contributed by atoms with Gasteiger partial charge in [0, 0.05) is 19.3 Å². The Morgan fingerprint density at radius 3 is 0.808 bits per heavy atom. The lowest BCUT2D eigenvalue weighted by Crippen LogP contribution is -2.30. The molecule has 0 saturated heterocycles. The molecule has 0 fully saturated rings. The van der Waals surface area contributed by atoms with Crippen molar-refractivity contribution in [3.05, 3.63) is 134 Å². The van der Waals surface area contributed by atoms with E-state index in [0.717, 1.165) is 128 Å². The Morgan fingerprint density at radius 2 is 0.500 bits per heavy atom. The number of carbonyl (C=O) groups excluding carboxylic acids is 3. The van der Waals surface area contributed by atoms with Crippen LogP contribution in [-0.4, -0.2) is 37.2 Å². The molecule has 442 valence electrons. The molecule has 0 aromatic heterocycles. The highest BCUT2D eigenvalue weighted by Gasteiger charge is 2.19. The molecule has 0 aliphatic heterocycles. The van der Waals surface area contributed by atoms with Crippen molar-refractivity contribution in [3.63, 3.8) is 0 Å². The van der Waals surface area contributed by atoms with Gasteiger partial charge in [0.05, 0.1) is 0 Å². The zero-order valence-electron chi connectivity index (χ0n) is 50.6. The predicted molar refractivity (Wildman–Crippen MR) is 339 cm³/mol. The van der Waals surface area contributed by atoms with E-state index >= 15 is 0 Å². The van der Waals surface area contributed by atoms with Gasteiger partial charge in [-0.25, -0.2) is 0 Å². The summed E-state index contributed by atoms with van der Waals surface area (Å²) in [6.07, 6.45) is 91.8. The summed E-state index contributed by atoms with van der Waals surface area (Å²) in [6, 6.07) is 0. The van der Waals surface area contributed by atoms with Crippen molar-refractivity contribution in [1.29, 1.82) is 0 Å². The van der Waals surface area contributed by atoms with Crippen LogP contribution in [0.15, 0.2) is 134 Å². The van der Waals surface area contributed by atoms with Crippen LogP contribution in [0.5, 0.6) is 0 Å². The summed E-state index contributed by atoms with van der Waals surface area (Å²) in [7, 11) is 0. The van der Waals surface area contributed by atoms with Crippen molar-refractivity contribution >= 4 is 17.9 Å². The second kappa shape index (κ2) is 65.1. The maximum Gasteiger partial charge on any atom is 0.306 e. The van der Waals surface area contributed by atoms with E-state index < -0.39 is 6.10 Å².